The van der Waals surface area contributed by atoms with Gasteiger partial charge in [-0.3, -0.25) is 24.6 Å². The molecule has 13 nitrogen and oxygen atoms in total. The second-order valence-corrected chi connectivity index (χ2v) is 8.02. The molecule has 2 aromatic carbocycles. The Bertz CT molecular complexity index is 1140. The van der Waals surface area contributed by atoms with Crippen LogP contribution in [0.3, 0.4) is 0 Å². The Labute approximate surface area is 218 Å². The number of hydrogen-bond donors (Lipinski definition) is 4. The molecule has 0 spiro atoms. The first-order chi connectivity index (χ1) is 18.1. The normalized spacial score (nSPS) is 11.7. The predicted octanol–water partition coefficient (Wildman–Crippen LogP) is 0.00810. The van der Waals surface area contributed by atoms with Gasteiger partial charge in [-0.15, -0.1) is 0 Å². The van der Waals surface area contributed by atoms with E-state index in [1.54, 1.807) is 42.5 Å². The van der Waals surface area contributed by atoms with E-state index in [0.717, 1.165) is 5.56 Å². The van der Waals surface area contributed by atoms with E-state index in [9.17, 15) is 28.8 Å². The number of nitrogens with zero attached hydrogens (tertiary/aromatic N) is 1. The van der Waals surface area contributed by atoms with Crippen LogP contribution in [0.25, 0.3) is 0 Å². The van der Waals surface area contributed by atoms with Crippen LogP contribution in [0.15, 0.2) is 60.7 Å². The van der Waals surface area contributed by atoms with Crippen LogP contribution in [0.4, 0.5) is 4.79 Å². The Morgan fingerprint density at radius 2 is 1.39 bits per heavy atom. The SMILES string of the molecule is C[C@H](NC(=O)OCc1ccccc1)C(=O)N[C@@H](C)C(=O)NN(CC(N)=O)C(=O)COC(=O)c1ccccc1. The lowest BCUT2D eigenvalue weighted by molar-refractivity contribution is -0.147. The zero-order valence-corrected chi connectivity index (χ0v) is 20.8. The number of nitrogens with two attached hydrogens (primary N) is 1. The van der Waals surface area contributed by atoms with Crippen LogP contribution in [0.1, 0.15) is 29.8 Å². The molecule has 2 aromatic rings. The molecule has 5 N–H and O–H groups in total. The van der Waals surface area contributed by atoms with Gasteiger partial charge in [0.2, 0.25) is 11.8 Å². The van der Waals surface area contributed by atoms with Crippen molar-refractivity contribution >= 4 is 35.7 Å². The van der Waals surface area contributed by atoms with Crippen molar-refractivity contribution in [1.29, 1.82) is 0 Å². The summed E-state index contributed by atoms with van der Waals surface area (Å²) in [6.07, 6.45) is -0.836. The minimum atomic E-state index is -1.19. The Hall–Kier alpha value is -4.94. The predicted molar refractivity (Wildman–Crippen MR) is 133 cm³/mol. The van der Waals surface area contributed by atoms with Crippen LogP contribution in [0.2, 0.25) is 0 Å². The van der Waals surface area contributed by atoms with E-state index >= 15 is 0 Å². The second-order valence-electron chi connectivity index (χ2n) is 8.02. The number of alkyl carbamates (subject to hydrolysis) is 1. The van der Waals surface area contributed by atoms with Gasteiger partial charge in [-0.05, 0) is 31.5 Å². The quantitative estimate of drug-likeness (QED) is 0.232. The standard InChI is InChI=1S/C25H29N5O8/c1-16(28-25(36)38-14-18-9-5-3-6-10-18)22(33)27-17(2)23(34)29-30(13-20(26)31)21(32)15-37-24(35)19-11-7-4-8-12-19/h3-12,16-17H,13-15H2,1-2H3,(H2,26,31)(H,27,33)(H,28,36)(H,29,34)/t16-,17-/m0/s1. The van der Waals surface area contributed by atoms with Crippen molar-refractivity contribution in [3.05, 3.63) is 71.8 Å². The van der Waals surface area contributed by atoms with Crippen molar-refractivity contribution in [2.45, 2.75) is 32.5 Å². The van der Waals surface area contributed by atoms with Gasteiger partial charge < -0.3 is 25.8 Å². The number of hydrazine groups is 1. The summed E-state index contributed by atoms with van der Waals surface area (Å²) in [4.78, 5) is 72.8. The summed E-state index contributed by atoms with van der Waals surface area (Å²) in [7, 11) is 0. The smallest absolute Gasteiger partial charge is 0.408 e. The molecule has 0 unspecified atom stereocenters. The molecule has 202 valence electrons. The van der Waals surface area contributed by atoms with Gasteiger partial charge in [0.1, 0.15) is 25.2 Å². The molecule has 38 heavy (non-hydrogen) atoms. The van der Waals surface area contributed by atoms with Crippen LogP contribution in [-0.4, -0.2) is 65.9 Å². The van der Waals surface area contributed by atoms with Crippen LogP contribution in [0.5, 0.6) is 0 Å². The highest BCUT2D eigenvalue weighted by Gasteiger charge is 2.25. The van der Waals surface area contributed by atoms with E-state index in [1.165, 1.54) is 26.0 Å². The average Bonchev–Trinajstić information content (AvgIpc) is 2.90. The summed E-state index contributed by atoms with van der Waals surface area (Å²) in [6.45, 7) is 1.21. The van der Waals surface area contributed by atoms with Crippen molar-refractivity contribution in [3.63, 3.8) is 0 Å². The van der Waals surface area contributed by atoms with Gasteiger partial charge in [-0.1, -0.05) is 48.5 Å². The van der Waals surface area contributed by atoms with Gasteiger partial charge in [0.15, 0.2) is 6.61 Å². The Kier molecular flexibility index (Phi) is 11.2. The number of esters is 1. The van der Waals surface area contributed by atoms with Crippen LogP contribution in [-0.2, 0) is 35.3 Å². The Morgan fingerprint density at radius 3 is 2.00 bits per heavy atom. The first-order valence-electron chi connectivity index (χ1n) is 11.5. The van der Waals surface area contributed by atoms with E-state index in [2.05, 4.69) is 16.1 Å². The van der Waals surface area contributed by atoms with E-state index in [0.29, 0.717) is 5.01 Å². The van der Waals surface area contributed by atoms with Gasteiger partial charge in [0.25, 0.3) is 11.8 Å². The van der Waals surface area contributed by atoms with Crippen molar-refractivity contribution in [2.24, 2.45) is 5.73 Å². The summed E-state index contributed by atoms with van der Waals surface area (Å²) >= 11 is 0. The Balaban J connectivity index is 1.84. The topological polar surface area (TPSA) is 186 Å². The molecular weight excluding hydrogens is 498 g/mol. The lowest BCUT2D eigenvalue weighted by Gasteiger charge is -2.24. The molecule has 13 heteroatoms. The van der Waals surface area contributed by atoms with E-state index in [1.807, 2.05) is 6.07 Å². The number of ether oxygens (including phenoxy) is 2. The average molecular weight is 528 g/mol. The fraction of sp³-hybridized carbons (Fsp3) is 0.280. The summed E-state index contributed by atoms with van der Waals surface area (Å²) in [5.74, 6) is -4.25. The molecular formula is C25H29N5O8. The number of hydrogen-bond acceptors (Lipinski definition) is 8. The van der Waals surface area contributed by atoms with Gasteiger partial charge in [0, 0.05) is 0 Å². The lowest BCUT2D eigenvalue weighted by Crippen LogP contribution is -2.57. The number of benzene rings is 2. The molecule has 0 bridgehead atoms. The molecule has 0 fully saturated rings. The second kappa shape index (κ2) is 14.6. The molecule has 0 radical (unpaired) electrons. The van der Waals surface area contributed by atoms with E-state index < -0.39 is 60.9 Å². The summed E-state index contributed by atoms with van der Waals surface area (Å²) in [6, 6.07) is 14.6. The van der Waals surface area contributed by atoms with Crippen molar-refractivity contribution < 1.29 is 38.2 Å². The summed E-state index contributed by atoms with van der Waals surface area (Å²) in [5, 5.41) is 5.29. The number of carbonyl (C=O) groups is 6. The van der Waals surface area contributed by atoms with Gasteiger partial charge in [0.05, 0.1) is 5.56 Å². The largest absolute Gasteiger partial charge is 0.452 e. The highest BCUT2D eigenvalue weighted by molar-refractivity contribution is 5.94. The van der Waals surface area contributed by atoms with Crippen LogP contribution < -0.4 is 21.8 Å². The molecule has 0 aliphatic heterocycles. The number of nitrogens with one attached hydrogen (secondary N) is 3. The van der Waals surface area contributed by atoms with Gasteiger partial charge in [-0.2, -0.15) is 0 Å². The number of primary amides is 1. The molecule has 0 aromatic heterocycles. The lowest BCUT2D eigenvalue weighted by atomic mass is 10.2. The molecule has 2 atom stereocenters. The highest BCUT2D eigenvalue weighted by Crippen LogP contribution is 2.02. The number of rotatable bonds is 11. The van der Waals surface area contributed by atoms with E-state index in [-0.39, 0.29) is 12.2 Å². The molecule has 0 aliphatic rings. The minimum absolute atomic E-state index is 0.00417. The van der Waals surface area contributed by atoms with Crippen molar-refractivity contribution in [3.8, 4) is 0 Å². The molecule has 0 saturated carbocycles. The van der Waals surface area contributed by atoms with Crippen LogP contribution >= 0.6 is 0 Å². The maximum Gasteiger partial charge on any atom is 0.408 e. The molecule has 0 heterocycles. The maximum absolute atomic E-state index is 12.5. The molecule has 0 aliphatic carbocycles. The minimum Gasteiger partial charge on any atom is -0.452 e. The summed E-state index contributed by atoms with van der Waals surface area (Å²) in [5.41, 5.74) is 8.27. The Morgan fingerprint density at radius 1 is 0.816 bits per heavy atom. The van der Waals surface area contributed by atoms with Crippen molar-refractivity contribution in [1.82, 2.24) is 21.1 Å². The third kappa shape index (κ3) is 9.97. The molecule has 5 amide bonds. The third-order valence-corrected chi connectivity index (χ3v) is 4.89. The summed E-state index contributed by atoms with van der Waals surface area (Å²) < 4.78 is 9.97. The van der Waals surface area contributed by atoms with Gasteiger partial charge >= 0.3 is 12.1 Å². The number of amides is 5. The first-order valence-corrected chi connectivity index (χ1v) is 11.5. The fourth-order valence-electron chi connectivity index (χ4n) is 2.85. The zero-order valence-electron chi connectivity index (χ0n) is 20.8. The zero-order chi connectivity index (χ0) is 28.1. The van der Waals surface area contributed by atoms with Crippen LogP contribution in [0, 0.1) is 0 Å². The van der Waals surface area contributed by atoms with Crippen molar-refractivity contribution in [2.75, 3.05) is 13.2 Å². The van der Waals surface area contributed by atoms with Gasteiger partial charge in [-0.25, -0.2) is 14.6 Å². The van der Waals surface area contributed by atoms with E-state index in [4.69, 9.17) is 15.2 Å². The third-order valence-electron chi connectivity index (χ3n) is 4.89. The maximum atomic E-state index is 12.5. The molecule has 0 saturated heterocycles. The first kappa shape index (κ1) is 29.3. The fourth-order valence-corrected chi connectivity index (χ4v) is 2.85. The molecule has 2 rings (SSSR count). The monoisotopic (exact) mass is 527 g/mol. The number of carbonyl (C=O) groups excluding carboxylic acids is 6. The highest BCUT2D eigenvalue weighted by atomic mass is 16.5.